The fourth-order valence-electron chi connectivity index (χ4n) is 3.04. The zero-order chi connectivity index (χ0) is 18.0. The lowest BCUT2D eigenvalue weighted by Gasteiger charge is -2.33. The highest BCUT2D eigenvalue weighted by Gasteiger charge is 2.28. The van der Waals surface area contributed by atoms with Crippen molar-refractivity contribution in [1.82, 2.24) is 4.90 Å². The van der Waals surface area contributed by atoms with Crippen molar-refractivity contribution in [3.8, 4) is 0 Å². The van der Waals surface area contributed by atoms with Gasteiger partial charge in [-0.25, -0.2) is 4.79 Å². The Morgan fingerprint density at radius 1 is 1.21 bits per heavy atom. The number of ether oxygens (including phenoxy) is 2. The molecule has 1 aliphatic rings. The van der Waals surface area contributed by atoms with Crippen LogP contribution in [0.2, 0.25) is 0 Å². The molecule has 24 heavy (non-hydrogen) atoms. The van der Waals surface area contributed by atoms with Gasteiger partial charge < -0.3 is 14.4 Å². The summed E-state index contributed by atoms with van der Waals surface area (Å²) < 4.78 is 10.9. The summed E-state index contributed by atoms with van der Waals surface area (Å²) in [5.41, 5.74) is -0.522. The Labute approximate surface area is 147 Å². The third kappa shape index (κ3) is 8.55. The number of carbonyl (C=O) groups is 2. The van der Waals surface area contributed by atoms with Crippen LogP contribution in [-0.4, -0.2) is 41.8 Å². The van der Waals surface area contributed by atoms with E-state index in [0.717, 1.165) is 51.4 Å². The molecule has 1 fully saturated rings. The van der Waals surface area contributed by atoms with Gasteiger partial charge in [-0.1, -0.05) is 39.0 Å². The van der Waals surface area contributed by atoms with Crippen molar-refractivity contribution in [1.29, 1.82) is 0 Å². The number of cyclic esters (lactones) is 1. The maximum Gasteiger partial charge on any atom is 0.410 e. The first kappa shape index (κ1) is 20.8. The summed E-state index contributed by atoms with van der Waals surface area (Å²) in [5.74, 6) is -0.162. The van der Waals surface area contributed by atoms with Crippen LogP contribution in [-0.2, 0) is 14.3 Å². The van der Waals surface area contributed by atoms with Crippen LogP contribution in [0.25, 0.3) is 0 Å². The van der Waals surface area contributed by atoms with E-state index in [1.807, 2.05) is 20.8 Å². The first-order valence-electron chi connectivity index (χ1n) is 9.48. The molecule has 5 nitrogen and oxygen atoms in total. The second-order valence-electron chi connectivity index (χ2n) is 7.64. The summed E-state index contributed by atoms with van der Waals surface area (Å²) in [5, 5.41) is 0. The van der Waals surface area contributed by atoms with E-state index in [-0.39, 0.29) is 24.7 Å². The first-order valence-corrected chi connectivity index (χ1v) is 9.48. The zero-order valence-electron chi connectivity index (χ0n) is 15.9. The highest BCUT2D eigenvalue weighted by Crippen LogP contribution is 2.20. The highest BCUT2D eigenvalue weighted by atomic mass is 16.6. The zero-order valence-corrected chi connectivity index (χ0v) is 15.9. The molecule has 1 heterocycles. The third-order valence-electron chi connectivity index (χ3n) is 4.20. The molecule has 5 heteroatoms. The van der Waals surface area contributed by atoms with Crippen molar-refractivity contribution in [2.75, 3.05) is 13.2 Å². The Kier molecular flexibility index (Phi) is 9.16. The van der Waals surface area contributed by atoms with Crippen molar-refractivity contribution in [2.24, 2.45) is 0 Å². The number of nitrogens with zero attached hydrogens (tertiary/aromatic N) is 1. The standard InChI is InChI=1S/C19H35NO4/c1-5-11-16-12-9-7-6-8-10-13-17(21)23-15-14-20(16)18(22)24-19(2,3)4/h16H,5-15H2,1-4H3. The molecule has 0 bridgehead atoms. The minimum absolute atomic E-state index is 0.157. The van der Waals surface area contributed by atoms with Gasteiger partial charge in [-0.3, -0.25) is 4.79 Å². The van der Waals surface area contributed by atoms with Crippen molar-refractivity contribution in [3.05, 3.63) is 0 Å². The van der Waals surface area contributed by atoms with Crippen molar-refractivity contribution >= 4 is 12.1 Å². The van der Waals surface area contributed by atoms with E-state index < -0.39 is 5.60 Å². The molecule has 0 aromatic carbocycles. The first-order chi connectivity index (χ1) is 11.3. The van der Waals surface area contributed by atoms with Gasteiger partial charge in [0.1, 0.15) is 12.2 Å². The molecule has 1 unspecified atom stereocenters. The van der Waals surface area contributed by atoms with Crippen LogP contribution in [0.1, 0.15) is 85.5 Å². The van der Waals surface area contributed by atoms with Crippen LogP contribution in [0, 0.1) is 0 Å². The molecule has 0 saturated carbocycles. The molecule has 0 aliphatic carbocycles. The normalized spacial score (nSPS) is 21.9. The lowest BCUT2D eigenvalue weighted by Crippen LogP contribution is -2.45. The molecule has 0 aromatic rings. The van der Waals surface area contributed by atoms with Gasteiger partial charge in [0.05, 0.1) is 6.54 Å². The highest BCUT2D eigenvalue weighted by molar-refractivity contribution is 5.70. The quantitative estimate of drug-likeness (QED) is 0.684. The molecule has 1 saturated heterocycles. The molecule has 0 aromatic heterocycles. The summed E-state index contributed by atoms with van der Waals surface area (Å²) in [6, 6.07) is 0.157. The number of hydrogen-bond acceptors (Lipinski definition) is 4. The topological polar surface area (TPSA) is 55.8 Å². The smallest absolute Gasteiger partial charge is 0.410 e. The predicted octanol–water partition coefficient (Wildman–Crippen LogP) is 4.68. The molecule has 0 radical (unpaired) electrons. The monoisotopic (exact) mass is 341 g/mol. The maximum absolute atomic E-state index is 12.6. The number of hydrogen-bond donors (Lipinski definition) is 0. The van der Waals surface area contributed by atoms with E-state index >= 15 is 0 Å². The molecular formula is C19H35NO4. The molecule has 1 aliphatic heterocycles. The average molecular weight is 341 g/mol. The van der Waals surface area contributed by atoms with E-state index in [1.54, 1.807) is 4.90 Å². The Hall–Kier alpha value is -1.26. The van der Waals surface area contributed by atoms with Gasteiger partial charge in [-0.15, -0.1) is 0 Å². The Balaban J connectivity index is 2.81. The fraction of sp³-hybridized carbons (Fsp3) is 0.895. The van der Waals surface area contributed by atoms with Crippen LogP contribution in [0.4, 0.5) is 4.79 Å². The number of rotatable bonds is 2. The molecule has 140 valence electrons. The molecule has 1 amide bonds. The van der Waals surface area contributed by atoms with Gasteiger partial charge in [-0.2, -0.15) is 0 Å². The molecule has 1 rings (SSSR count). The second-order valence-corrected chi connectivity index (χ2v) is 7.64. The summed E-state index contributed by atoms with van der Waals surface area (Å²) in [7, 11) is 0. The van der Waals surface area contributed by atoms with Gasteiger partial charge in [0.15, 0.2) is 0 Å². The van der Waals surface area contributed by atoms with Gasteiger partial charge >= 0.3 is 12.1 Å². The fourth-order valence-corrected chi connectivity index (χ4v) is 3.04. The lowest BCUT2D eigenvalue weighted by molar-refractivity contribution is -0.144. The Morgan fingerprint density at radius 2 is 1.88 bits per heavy atom. The van der Waals surface area contributed by atoms with Crippen LogP contribution in [0.5, 0.6) is 0 Å². The van der Waals surface area contributed by atoms with Crippen molar-refractivity contribution in [2.45, 2.75) is 97.1 Å². The second kappa shape index (κ2) is 10.6. The van der Waals surface area contributed by atoms with E-state index in [2.05, 4.69) is 6.92 Å². The third-order valence-corrected chi connectivity index (χ3v) is 4.20. The molecule has 1 atom stereocenters. The van der Waals surface area contributed by atoms with E-state index in [4.69, 9.17) is 9.47 Å². The van der Waals surface area contributed by atoms with Gasteiger partial charge in [-0.05, 0) is 40.0 Å². The van der Waals surface area contributed by atoms with Crippen molar-refractivity contribution in [3.63, 3.8) is 0 Å². The number of esters is 1. The van der Waals surface area contributed by atoms with Gasteiger partial charge in [0, 0.05) is 12.5 Å². The number of carbonyl (C=O) groups excluding carboxylic acids is 2. The van der Waals surface area contributed by atoms with Crippen molar-refractivity contribution < 1.29 is 19.1 Å². The summed E-state index contributed by atoms with van der Waals surface area (Å²) >= 11 is 0. The Morgan fingerprint density at radius 3 is 2.54 bits per heavy atom. The predicted molar refractivity (Wildman–Crippen MR) is 94.9 cm³/mol. The summed E-state index contributed by atoms with van der Waals surface area (Å²) in [6.45, 7) is 8.42. The summed E-state index contributed by atoms with van der Waals surface area (Å²) in [4.78, 5) is 26.1. The average Bonchev–Trinajstić information content (AvgIpc) is 2.49. The Bertz CT molecular complexity index is 389. The van der Waals surface area contributed by atoms with Gasteiger partial charge in [0.2, 0.25) is 0 Å². The van der Waals surface area contributed by atoms with Crippen LogP contribution in [0.15, 0.2) is 0 Å². The van der Waals surface area contributed by atoms with Crippen LogP contribution < -0.4 is 0 Å². The SMILES string of the molecule is CCCC1CCCCCCCC(=O)OCCN1C(=O)OC(C)(C)C. The van der Waals surface area contributed by atoms with E-state index in [1.165, 1.54) is 0 Å². The maximum atomic E-state index is 12.6. The van der Waals surface area contributed by atoms with E-state index in [9.17, 15) is 9.59 Å². The largest absolute Gasteiger partial charge is 0.464 e. The minimum Gasteiger partial charge on any atom is -0.464 e. The lowest BCUT2D eigenvalue weighted by atomic mass is 10.0. The molecule has 0 N–H and O–H groups in total. The molecular weight excluding hydrogens is 306 g/mol. The van der Waals surface area contributed by atoms with Crippen LogP contribution in [0.3, 0.4) is 0 Å². The molecule has 0 spiro atoms. The minimum atomic E-state index is -0.522. The summed E-state index contributed by atoms with van der Waals surface area (Å²) in [6.07, 6.45) is 8.50. The van der Waals surface area contributed by atoms with E-state index in [0.29, 0.717) is 13.0 Å². The number of amides is 1. The van der Waals surface area contributed by atoms with Crippen LogP contribution >= 0.6 is 0 Å². The van der Waals surface area contributed by atoms with Gasteiger partial charge in [0.25, 0.3) is 0 Å².